The van der Waals surface area contributed by atoms with E-state index in [1.807, 2.05) is 6.92 Å². The molecule has 0 aromatic heterocycles. The number of primary amides is 1. The number of rotatable bonds is 4. The van der Waals surface area contributed by atoms with Gasteiger partial charge in [0, 0.05) is 17.7 Å². The smallest absolute Gasteiger partial charge is 0.248 e. The molecule has 0 radical (unpaired) electrons. The first-order valence-electron chi connectivity index (χ1n) is 6.97. The maximum Gasteiger partial charge on any atom is 0.248 e. The molecule has 1 aliphatic heterocycles. The molecule has 1 fully saturated rings. The van der Waals surface area contributed by atoms with Gasteiger partial charge in [-0.25, -0.2) is 0 Å². The molecule has 0 aliphatic carbocycles. The van der Waals surface area contributed by atoms with Crippen LogP contribution in [0.3, 0.4) is 0 Å². The summed E-state index contributed by atoms with van der Waals surface area (Å²) in [7, 11) is 0. The van der Waals surface area contributed by atoms with Crippen LogP contribution in [0.2, 0.25) is 0 Å². The second-order valence-corrected chi connectivity index (χ2v) is 5.36. The summed E-state index contributed by atoms with van der Waals surface area (Å²) in [6, 6.07) is 5.06. The quantitative estimate of drug-likeness (QED) is 0.777. The standard InChI is InChI=1S/C15H21N3O2/c1-10-7-12(15(16)20)4-5-13(10)18-14(19)8-11-3-2-6-17-9-11/h4-5,7,11,17H,2-3,6,8-9H2,1H3,(H2,16,20)(H,18,19). The minimum Gasteiger partial charge on any atom is -0.366 e. The number of carbonyl (C=O) groups excluding carboxylic acids is 2. The molecule has 2 rings (SSSR count). The summed E-state index contributed by atoms with van der Waals surface area (Å²) in [4.78, 5) is 23.1. The van der Waals surface area contributed by atoms with Crippen molar-refractivity contribution in [1.82, 2.24) is 5.32 Å². The number of piperidine rings is 1. The minimum atomic E-state index is -0.459. The van der Waals surface area contributed by atoms with Gasteiger partial charge in [0.2, 0.25) is 11.8 Å². The Kier molecular flexibility index (Phi) is 4.74. The van der Waals surface area contributed by atoms with Crippen LogP contribution in [0.1, 0.15) is 35.2 Å². The molecule has 1 saturated heterocycles. The zero-order valence-corrected chi connectivity index (χ0v) is 11.7. The Hall–Kier alpha value is -1.88. The molecule has 0 bridgehead atoms. The molecular weight excluding hydrogens is 254 g/mol. The molecule has 2 amide bonds. The van der Waals surface area contributed by atoms with E-state index in [-0.39, 0.29) is 5.91 Å². The van der Waals surface area contributed by atoms with Crippen molar-refractivity contribution in [3.63, 3.8) is 0 Å². The number of anilines is 1. The highest BCUT2D eigenvalue weighted by Gasteiger charge is 2.17. The van der Waals surface area contributed by atoms with E-state index < -0.39 is 5.91 Å². The van der Waals surface area contributed by atoms with E-state index in [2.05, 4.69) is 10.6 Å². The summed E-state index contributed by atoms with van der Waals surface area (Å²) >= 11 is 0. The van der Waals surface area contributed by atoms with E-state index in [9.17, 15) is 9.59 Å². The van der Waals surface area contributed by atoms with E-state index >= 15 is 0 Å². The predicted octanol–water partition coefficient (Wildman–Crippen LogP) is 1.42. The first-order valence-corrected chi connectivity index (χ1v) is 6.97. The third kappa shape index (κ3) is 3.81. The highest BCUT2D eigenvalue weighted by Crippen LogP contribution is 2.19. The van der Waals surface area contributed by atoms with Crippen LogP contribution >= 0.6 is 0 Å². The molecule has 1 aliphatic rings. The van der Waals surface area contributed by atoms with Crippen molar-refractivity contribution in [2.75, 3.05) is 18.4 Å². The zero-order chi connectivity index (χ0) is 14.5. The summed E-state index contributed by atoms with van der Waals surface area (Å²) in [6.07, 6.45) is 2.76. The van der Waals surface area contributed by atoms with Gasteiger partial charge in [-0.05, 0) is 62.5 Å². The normalized spacial score (nSPS) is 18.6. The van der Waals surface area contributed by atoms with Crippen LogP contribution in [0.5, 0.6) is 0 Å². The lowest BCUT2D eigenvalue weighted by molar-refractivity contribution is -0.117. The molecule has 1 heterocycles. The van der Waals surface area contributed by atoms with Gasteiger partial charge in [0.1, 0.15) is 0 Å². The van der Waals surface area contributed by atoms with Gasteiger partial charge < -0.3 is 16.4 Å². The number of amides is 2. The van der Waals surface area contributed by atoms with Crippen molar-refractivity contribution in [2.45, 2.75) is 26.2 Å². The van der Waals surface area contributed by atoms with Crippen LogP contribution in [0, 0.1) is 12.8 Å². The van der Waals surface area contributed by atoms with Crippen LogP contribution in [-0.4, -0.2) is 24.9 Å². The summed E-state index contributed by atoms with van der Waals surface area (Å²) in [6.45, 7) is 3.81. The minimum absolute atomic E-state index is 0.0219. The summed E-state index contributed by atoms with van der Waals surface area (Å²) in [5.74, 6) is -0.0261. The Bertz CT molecular complexity index is 508. The average Bonchev–Trinajstić information content (AvgIpc) is 2.42. The molecular formula is C15H21N3O2. The Morgan fingerprint density at radius 2 is 2.25 bits per heavy atom. The fourth-order valence-corrected chi connectivity index (χ4v) is 2.52. The van der Waals surface area contributed by atoms with E-state index in [0.29, 0.717) is 17.9 Å². The largest absolute Gasteiger partial charge is 0.366 e. The van der Waals surface area contributed by atoms with Gasteiger partial charge in [0.05, 0.1) is 0 Å². The van der Waals surface area contributed by atoms with Gasteiger partial charge in [-0.15, -0.1) is 0 Å². The molecule has 1 unspecified atom stereocenters. The number of benzene rings is 1. The van der Waals surface area contributed by atoms with Crippen LogP contribution in [0.25, 0.3) is 0 Å². The monoisotopic (exact) mass is 275 g/mol. The van der Waals surface area contributed by atoms with E-state index in [1.54, 1.807) is 18.2 Å². The predicted molar refractivity (Wildman–Crippen MR) is 78.5 cm³/mol. The SMILES string of the molecule is Cc1cc(C(N)=O)ccc1NC(=O)CC1CCCNC1. The molecule has 108 valence electrons. The first kappa shape index (κ1) is 14.5. The van der Waals surface area contributed by atoms with E-state index in [1.165, 1.54) is 0 Å². The fourth-order valence-electron chi connectivity index (χ4n) is 2.52. The Morgan fingerprint density at radius 1 is 1.45 bits per heavy atom. The molecule has 1 atom stereocenters. The van der Waals surface area contributed by atoms with Gasteiger partial charge in [-0.2, -0.15) is 0 Å². The average molecular weight is 275 g/mol. The number of nitrogens with two attached hydrogens (primary N) is 1. The molecule has 5 nitrogen and oxygen atoms in total. The van der Waals surface area contributed by atoms with Crippen molar-refractivity contribution in [3.05, 3.63) is 29.3 Å². The zero-order valence-electron chi connectivity index (χ0n) is 11.7. The third-order valence-electron chi connectivity index (χ3n) is 3.66. The van der Waals surface area contributed by atoms with Crippen molar-refractivity contribution in [3.8, 4) is 0 Å². The summed E-state index contributed by atoms with van der Waals surface area (Å²) < 4.78 is 0. The number of nitrogens with one attached hydrogen (secondary N) is 2. The van der Waals surface area contributed by atoms with Crippen LogP contribution in [0.15, 0.2) is 18.2 Å². The lowest BCUT2D eigenvalue weighted by atomic mass is 9.96. The van der Waals surface area contributed by atoms with Crippen molar-refractivity contribution >= 4 is 17.5 Å². The van der Waals surface area contributed by atoms with Crippen LogP contribution in [0.4, 0.5) is 5.69 Å². The van der Waals surface area contributed by atoms with Crippen molar-refractivity contribution in [1.29, 1.82) is 0 Å². The Labute approximate surface area is 118 Å². The summed E-state index contributed by atoms with van der Waals surface area (Å²) in [5, 5.41) is 6.21. The molecule has 0 saturated carbocycles. The van der Waals surface area contributed by atoms with Crippen LogP contribution in [-0.2, 0) is 4.79 Å². The second-order valence-electron chi connectivity index (χ2n) is 5.36. The molecule has 1 aromatic rings. The topological polar surface area (TPSA) is 84.2 Å². The maximum absolute atomic E-state index is 12.0. The molecule has 1 aromatic carbocycles. The molecule has 5 heteroatoms. The van der Waals surface area contributed by atoms with E-state index in [0.717, 1.165) is 37.2 Å². The third-order valence-corrected chi connectivity index (χ3v) is 3.66. The number of hydrogen-bond acceptors (Lipinski definition) is 3. The van der Waals surface area contributed by atoms with Gasteiger partial charge >= 0.3 is 0 Å². The number of carbonyl (C=O) groups is 2. The molecule has 4 N–H and O–H groups in total. The van der Waals surface area contributed by atoms with Gasteiger partial charge in [0.25, 0.3) is 0 Å². The fraction of sp³-hybridized carbons (Fsp3) is 0.467. The molecule has 0 spiro atoms. The van der Waals surface area contributed by atoms with Gasteiger partial charge in [-0.3, -0.25) is 9.59 Å². The number of hydrogen-bond donors (Lipinski definition) is 3. The van der Waals surface area contributed by atoms with Crippen LogP contribution < -0.4 is 16.4 Å². The lowest BCUT2D eigenvalue weighted by Gasteiger charge is -2.22. The van der Waals surface area contributed by atoms with Gasteiger partial charge in [-0.1, -0.05) is 0 Å². The van der Waals surface area contributed by atoms with Gasteiger partial charge in [0.15, 0.2) is 0 Å². The molecule has 20 heavy (non-hydrogen) atoms. The van der Waals surface area contributed by atoms with Crippen molar-refractivity contribution < 1.29 is 9.59 Å². The lowest BCUT2D eigenvalue weighted by Crippen LogP contribution is -2.32. The van der Waals surface area contributed by atoms with E-state index in [4.69, 9.17) is 5.73 Å². The first-order chi connectivity index (χ1) is 9.56. The second kappa shape index (κ2) is 6.52. The van der Waals surface area contributed by atoms with Crippen molar-refractivity contribution in [2.24, 2.45) is 11.7 Å². The summed E-state index contributed by atoms with van der Waals surface area (Å²) in [5.41, 5.74) is 7.26. The highest BCUT2D eigenvalue weighted by molar-refractivity contribution is 5.95. The Balaban J connectivity index is 1.95. The maximum atomic E-state index is 12.0. The number of aryl methyl sites for hydroxylation is 1. The Morgan fingerprint density at radius 3 is 2.85 bits per heavy atom. The highest BCUT2D eigenvalue weighted by atomic mass is 16.2.